The molecule has 188 valence electrons. The van der Waals surface area contributed by atoms with Crippen LogP contribution < -0.4 is 0 Å². The van der Waals surface area contributed by atoms with E-state index in [1.165, 1.54) is 0 Å². The molecule has 0 spiro atoms. The third-order valence-electron chi connectivity index (χ3n) is 6.60. The average Bonchev–Trinajstić information content (AvgIpc) is 3.21. The van der Waals surface area contributed by atoms with E-state index in [9.17, 15) is 4.79 Å². The summed E-state index contributed by atoms with van der Waals surface area (Å²) in [6, 6.07) is 29.0. The summed E-state index contributed by atoms with van der Waals surface area (Å²) in [6.07, 6.45) is -2.33. The van der Waals surface area contributed by atoms with E-state index in [0.717, 1.165) is 16.7 Å². The standard InChI is InChI=1S/C29H31NO6/c1-32-28-25-27(34-19-22-13-7-3-8-14-22)26(36-28)24(33-18-21-11-5-2-6-12-21)17-30(25)29(31)35-20-23-15-9-4-10-16-23/h2-16,24-28H,17-20H2,1H3/t24-,25-,26+,27+,28?/m0/s1. The molecule has 2 heterocycles. The van der Waals surface area contributed by atoms with Crippen molar-refractivity contribution in [3.8, 4) is 0 Å². The van der Waals surface area contributed by atoms with E-state index in [4.69, 9.17) is 23.7 Å². The number of amides is 1. The van der Waals surface area contributed by atoms with E-state index in [0.29, 0.717) is 19.8 Å². The summed E-state index contributed by atoms with van der Waals surface area (Å²) in [5, 5.41) is 0. The van der Waals surface area contributed by atoms with Crippen molar-refractivity contribution in [3.63, 3.8) is 0 Å². The highest BCUT2D eigenvalue weighted by Crippen LogP contribution is 2.37. The molecule has 0 N–H and O–H groups in total. The van der Waals surface area contributed by atoms with E-state index >= 15 is 0 Å². The zero-order valence-corrected chi connectivity index (χ0v) is 20.3. The van der Waals surface area contributed by atoms with Crippen LogP contribution in [0, 0.1) is 0 Å². The van der Waals surface area contributed by atoms with Crippen molar-refractivity contribution in [1.29, 1.82) is 0 Å². The minimum atomic E-state index is -0.648. The van der Waals surface area contributed by atoms with Crippen LogP contribution in [-0.4, -0.2) is 55.3 Å². The van der Waals surface area contributed by atoms with Crippen molar-refractivity contribution in [2.24, 2.45) is 0 Å². The van der Waals surface area contributed by atoms with Gasteiger partial charge in [-0.05, 0) is 16.7 Å². The molecule has 36 heavy (non-hydrogen) atoms. The van der Waals surface area contributed by atoms with Crippen LogP contribution in [0.5, 0.6) is 0 Å². The molecule has 2 aliphatic heterocycles. The van der Waals surface area contributed by atoms with Crippen LogP contribution in [0.15, 0.2) is 91.0 Å². The summed E-state index contributed by atoms with van der Waals surface area (Å²) in [4.78, 5) is 15.0. The highest BCUT2D eigenvalue weighted by molar-refractivity contribution is 5.68. The van der Waals surface area contributed by atoms with E-state index in [1.807, 2.05) is 91.0 Å². The summed E-state index contributed by atoms with van der Waals surface area (Å²) < 4.78 is 30.3. The summed E-state index contributed by atoms with van der Waals surface area (Å²) in [5.41, 5.74) is 3.00. The second-order valence-electron chi connectivity index (χ2n) is 8.98. The highest BCUT2D eigenvalue weighted by Gasteiger charge is 2.58. The fourth-order valence-corrected chi connectivity index (χ4v) is 4.78. The average molecular weight is 490 g/mol. The molecule has 7 nitrogen and oxygen atoms in total. The van der Waals surface area contributed by atoms with Gasteiger partial charge in [0, 0.05) is 7.11 Å². The van der Waals surface area contributed by atoms with Gasteiger partial charge in [-0.1, -0.05) is 91.0 Å². The van der Waals surface area contributed by atoms with E-state index < -0.39 is 30.6 Å². The second kappa shape index (κ2) is 11.7. The van der Waals surface area contributed by atoms with Crippen LogP contribution in [0.1, 0.15) is 16.7 Å². The Morgan fingerprint density at radius 1 is 0.806 bits per heavy atom. The number of likely N-dealkylation sites (tertiary alicyclic amines) is 1. The van der Waals surface area contributed by atoms with Crippen molar-refractivity contribution in [2.45, 2.75) is 50.5 Å². The molecular formula is C29H31NO6. The molecule has 7 heteroatoms. The first-order chi connectivity index (χ1) is 17.7. The highest BCUT2D eigenvalue weighted by atomic mass is 16.7. The number of piperidine rings is 1. The second-order valence-corrected chi connectivity index (χ2v) is 8.98. The van der Waals surface area contributed by atoms with Crippen LogP contribution in [0.4, 0.5) is 4.79 Å². The Balaban J connectivity index is 1.35. The number of carbonyl (C=O) groups excluding carboxylic acids is 1. The number of nitrogens with zero attached hydrogens (tertiary/aromatic N) is 1. The van der Waals surface area contributed by atoms with Crippen LogP contribution in [0.3, 0.4) is 0 Å². The molecule has 3 aromatic rings. The molecule has 1 amide bonds. The zero-order chi connectivity index (χ0) is 24.7. The lowest BCUT2D eigenvalue weighted by atomic mass is 9.96. The first-order valence-electron chi connectivity index (χ1n) is 12.2. The molecule has 0 saturated carbocycles. The Kier molecular flexibility index (Phi) is 7.93. The maximum Gasteiger partial charge on any atom is 0.410 e. The third-order valence-corrected chi connectivity index (χ3v) is 6.60. The topological polar surface area (TPSA) is 66.5 Å². The van der Waals surface area contributed by atoms with Crippen molar-refractivity contribution < 1.29 is 28.5 Å². The zero-order valence-electron chi connectivity index (χ0n) is 20.3. The van der Waals surface area contributed by atoms with Gasteiger partial charge in [-0.2, -0.15) is 0 Å². The van der Waals surface area contributed by atoms with Crippen molar-refractivity contribution in [2.75, 3.05) is 13.7 Å². The maximum atomic E-state index is 13.3. The lowest BCUT2D eigenvalue weighted by Crippen LogP contribution is -2.61. The van der Waals surface area contributed by atoms with Crippen LogP contribution >= 0.6 is 0 Å². The maximum absolute atomic E-state index is 13.3. The molecule has 0 radical (unpaired) electrons. The fourth-order valence-electron chi connectivity index (χ4n) is 4.78. The minimum absolute atomic E-state index is 0.176. The summed E-state index contributed by atoms with van der Waals surface area (Å²) >= 11 is 0. The Morgan fingerprint density at radius 2 is 1.33 bits per heavy atom. The quantitative estimate of drug-likeness (QED) is 0.439. The number of ether oxygens (including phenoxy) is 5. The van der Waals surface area contributed by atoms with Gasteiger partial charge < -0.3 is 23.7 Å². The summed E-state index contributed by atoms with van der Waals surface area (Å²) in [5.74, 6) is 0. The van der Waals surface area contributed by atoms with Crippen LogP contribution in [-0.2, 0) is 43.5 Å². The molecule has 2 fully saturated rings. The largest absolute Gasteiger partial charge is 0.445 e. The first kappa shape index (κ1) is 24.5. The number of carbonyl (C=O) groups is 1. The van der Waals surface area contributed by atoms with E-state index in [2.05, 4.69) is 0 Å². The van der Waals surface area contributed by atoms with Crippen LogP contribution in [0.2, 0.25) is 0 Å². The SMILES string of the molecule is COC1O[C@H]2[C@H](OCc3ccccc3)[C@@H]1N(C(=O)OCc1ccccc1)C[C@@H]2OCc1ccccc1. The molecule has 3 aromatic carbocycles. The molecule has 2 saturated heterocycles. The molecule has 1 unspecified atom stereocenters. The molecular weight excluding hydrogens is 458 g/mol. The minimum Gasteiger partial charge on any atom is -0.445 e. The van der Waals surface area contributed by atoms with E-state index in [-0.39, 0.29) is 12.7 Å². The monoisotopic (exact) mass is 489 g/mol. The summed E-state index contributed by atoms with van der Waals surface area (Å²) in [7, 11) is 1.58. The van der Waals surface area contributed by atoms with Gasteiger partial charge in [-0.15, -0.1) is 0 Å². The molecule has 0 aliphatic carbocycles. The van der Waals surface area contributed by atoms with Gasteiger partial charge in [0.05, 0.1) is 19.8 Å². The number of benzene rings is 3. The van der Waals surface area contributed by atoms with Crippen molar-refractivity contribution in [3.05, 3.63) is 108 Å². The van der Waals surface area contributed by atoms with Gasteiger partial charge in [0.2, 0.25) is 0 Å². The Bertz CT molecular complexity index is 1100. The predicted molar refractivity (Wildman–Crippen MR) is 133 cm³/mol. The fraction of sp³-hybridized carbons (Fsp3) is 0.345. The van der Waals surface area contributed by atoms with Crippen LogP contribution in [0.25, 0.3) is 0 Å². The molecule has 5 rings (SSSR count). The molecule has 2 bridgehead atoms. The van der Waals surface area contributed by atoms with Crippen molar-refractivity contribution in [1.82, 2.24) is 4.90 Å². The van der Waals surface area contributed by atoms with Crippen molar-refractivity contribution >= 4 is 6.09 Å². The lowest BCUT2D eigenvalue weighted by molar-refractivity contribution is -0.157. The normalized spacial score (nSPS) is 25.0. The smallest absolute Gasteiger partial charge is 0.410 e. The number of hydrogen-bond acceptors (Lipinski definition) is 6. The predicted octanol–water partition coefficient (Wildman–Crippen LogP) is 4.55. The number of methoxy groups -OCH3 is 1. The Labute approximate surface area is 211 Å². The third kappa shape index (κ3) is 5.60. The van der Waals surface area contributed by atoms with Gasteiger partial charge in [0.25, 0.3) is 0 Å². The van der Waals surface area contributed by atoms with Gasteiger partial charge in [0.15, 0.2) is 6.29 Å². The molecule has 2 aliphatic rings. The Hall–Kier alpha value is -3.23. The molecule has 5 atom stereocenters. The lowest BCUT2D eigenvalue weighted by Gasteiger charge is -2.41. The van der Waals surface area contributed by atoms with E-state index in [1.54, 1.807) is 12.0 Å². The number of hydrogen-bond donors (Lipinski definition) is 0. The number of rotatable bonds is 9. The Morgan fingerprint density at radius 3 is 1.89 bits per heavy atom. The van der Waals surface area contributed by atoms with Gasteiger partial charge in [-0.25, -0.2) is 4.79 Å². The van der Waals surface area contributed by atoms with Gasteiger partial charge in [-0.3, -0.25) is 4.90 Å². The molecule has 0 aromatic heterocycles. The van der Waals surface area contributed by atoms with Gasteiger partial charge >= 0.3 is 6.09 Å². The number of fused-ring (bicyclic) bond motifs is 2. The van der Waals surface area contributed by atoms with Gasteiger partial charge in [0.1, 0.15) is 31.0 Å². The summed E-state index contributed by atoms with van der Waals surface area (Å²) in [6.45, 7) is 1.28. The first-order valence-corrected chi connectivity index (χ1v) is 12.2.